The van der Waals surface area contributed by atoms with Crippen LogP contribution < -0.4 is 19.9 Å². The molecule has 1 saturated heterocycles. The lowest BCUT2D eigenvalue weighted by atomic mass is 10.2. The van der Waals surface area contributed by atoms with Crippen LogP contribution in [0.25, 0.3) is 0 Å². The molecule has 3 aromatic rings. The van der Waals surface area contributed by atoms with Crippen molar-refractivity contribution in [1.82, 2.24) is 19.9 Å². The minimum absolute atomic E-state index is 0.132. The number of anilines is 3. The van der Waals surface area contributed by atoms with E-state index in [1.165, 1.54) is 13.3 Å². The number of hydrogen-bond donors (Lipinski definition) is 1. The van der Waals surface area contributed by atoms with Crippen LogP contribution in [-0.4, -0.2) is 51.6 Å². The number of nitrogens with zero attached hydrogens (tertiary/aromatic N) is 6. The summed E-state index contributed by atoms with van der Waals surface area (Å²) in [5.41, 5.74) is 0.942. The van der Waals surface area contributed by atoms with Gasteiger partial charge in [-0.05, 0) is 18.2 Å². The molecule has 3 atom stereocenters. The predicted octanol–water partition coefficient (Wildman–Crippen LogP) is 5.16. The van der Waals surface area contributed by atoms with Gasteiger partial charge in [0.1, 0.15) is 18.0 Å². The van der Waals surface area contributed by atoms with E-state index < -0.39 is 0 Å². The molecule has 3 aromatic heterocycles. The van der Waals surface area contributed by atoms with Crippen molar-refractivity contribution < 1.29 is 9.53 Å². The third-order valence-electron chi connectivity index (χ3n) is 4.71. The quantitative estimate of drug-likeness (QED) is 0.215. The zero-order chi connectivity index (χ0) is 24.7. The monoisotopic (exact) mass is 799 g/mol. The smallest absolute Gasteiger partial charge is 0.257 e. The molecule has 0 aromatic carbocycles. The van der Waals surface area contributed by atoms with Crippen molar-refractivity contribution in [2.45, 2.75) is 26.0 Å². The van der Waals surface area contributed by atoms with Gasteiger partial charge in [0.15, 0.2) is 0 Å². The molecule has 4 heterocycles. The van der Waals surface area contributed by atoms with Crippen LogP contribution in [0.1, 0.15) is 24.2 Å². The van der Waals surface area contributed by atoms with Gasteiger partial charge in [0, 0.05) is 18.5 Å². The van der Waals surface area contributed by atoms with Gasteiger partial charge in [0.05, 0.1) is 37.3 Å². The molecule has 0 saturated carbocycles. The summed E-state index contributed by atoms with van der Waals surface area (Å²) in [7, 11) is 1.53. The van der Waals surface area contributed by atoms with Gasteiger partial charge in [-0.25, -0.2) is 19.9 Å². The molecule has 12 heteroatoms. The number of halogens is 3. The average molecular weight is 799 g/mol. The molecule has 180 valence electrons. The van der Waals surface area contributed by atoms with E-state index in [1.807, 2.05) is 38.2 Å². The highest BCUT2D eigenvalue weighted by atomic mass is 127. The van der Waals surface area contributed by atoms with Crippen LogP contribution in [0.15, 0.2) is 55.1 Å². The van der Waals surface area contributed by atoms with E-state index in [2.05, 4.69) is 103 Å². The Balaban J connectivity index is 0.00000158. The number of ether oxygens (including phenoxy) is 1. The summed E-state index contributed by atoms with van der Waals surface area (Å²) in [6.07, 6.45) is 6.52. The van der Waals surface area contributed by atoms with Gasteiger partial charge in [-0.15, -0.1) is 0 Å². The lowest BCUT2D eigenvalue weighted by Crippen LogP contribution is -2.59. The Hall–Kier alpha value is -1.56. The van der Waals surface area contributed by atoms with Gasteiger partial charge in [0.2, 0.25) is 11.8 Å². The minimum Gasteiger partial charge on any atom is -0.481 e. The number of hydrogen-bond acceptors (Lipinski definition) is 8. The lowest BCUT2D eigenvalue weighted by molar-refractivity contribution is 0.102. The molecule has 1 N–H and O–H groups in total. The van der Waals surface area contributed by atoms with Crippen molar-refractivity contribution in [3.05, 3.63) is 60.7 Å². The maximum absolute atomic E-state index is 12.4. The van der Waals surface area contributed by atoms with E-state index in [0.717, 1.165) is 12.4 Å². The van der Waals surface area contributed by atoms with E-state index in [0.29, 0.717) is 23.1 Å². The van der Waals surface area contributed by atoms with Crippen LogP contribution in [0.4, 0.5) is 17.5 Å². The Morgan fingerprint density at radius 2 is 1.74 bits per heavy atom. The van der Waals surface area contributed by atoms with E-state index >= 15 is 0 Å². The summed E-state index contributed by atoms with van der Waals surface area (Å²) in [6.45, 7) is 4.74. The molecule has 0 aliphatic carbocycles. The van der Waals surface area contributed by atoms with Crippen LogP contribution in [0, 0.1) is 0 Å². The summed E-state index contributed by atoms with van der Waals surface area (Å²) in [5, 5.41) is 2.80. The summed E-state index contributed by atoms with van der Waals surface area (Å²) >= 11 is 7.30. The molecule has 0 spiro atoms. The molecule has 0 bridgehead atoms. The third-order valence-corrected chi connectivity index (χ3v) is 9.72. The second-order valence-corrected chi connectivity index (χ2v) is 10.7. The number of carbonyl (C=O) groups is 1. The first-order valence-electron chi connectivity index (χ1n) is 10.5. The number of alkyl halides is 3. The second-order valence-electron chi connectivity index (χ2n) is 6.74. The zero-order valence-corrected chi connectivity index (χ0v) is 25.2. The Morgan fingerprint density at radius 1 is 1.00 bits per heavy atom. The number of nitrogens with one attached hydrogen (secondary N) is 1. The first kappa shape index (κ1) is 27.0. The van der Waals surface area contributed by atoms with Gasteiger partial charge < -0.3 is 19.9 Å². The van der Waals surface area contributed by atoms with Crippen molar-refractivity contribution in [2.75, 3.05) is 28.8 Å². The Morgan fingerprint density at radius 3 is 2.32 bits per heavy atom. The zero-order valence-electron chi connectivity index (χ0n) is 18.8. The number of rotatable bonds is 5. The van der Waals surface area contributed by atoms with Crippen LogP contribution >= 0.6 is 67.8 Å². The summed E-state index contributed by atoms with van der Waals surface area (Å²) in [6, 6.07) is 9.25. The Labute approximate surface area is 239 Å². The Bertz CT molecular complexity index is 1060. The number of aromatic nitrogens is 4. The molecular weight excluding hydrogens is 775 g/mol. The topological polar surface area (TPSA) is 96.4 Å². The molecule has 9 nitrogen and oxygen atoms in total. The standard InChI is InChI=1S/C20H18I3N7O2.C2H6/c1-32-16-6-5-12(8-25-16)19(31)28-13-9-26-20(27-10-13)29-11-14(21)30(18(23)17(29)22)15-4-2-3-7-24-15;1-2/h2-10,14,17-18H,11H2,1H3,(H,28,31);1-2H3. The number of amides is 1. The molecule has 1 aliphatic heterocycles. The maximum Gasteiger partial charge on any atom is 0.257 e. The SMILES string of the molecule is CC.COc1ccc(C(=O)Nc2cnc(N3CC(I)N(c4ccccn4)C(I)C3I)nc2)cn1. The highest BCUT2D eigenvalue weighted by Gasteiger charge is 2.40. The average Bonchev–Trinajstić information content (AvgIpc) is 2.88. The molecule has 3 unspecified atom stereocenters. The third kappa shape index (κ3) is 6.35. The fourth-order valence-corrected chi connectivity index (χ4v) is 6.68. The highest BCUT2D eigenvalue weighted by molar-refractivity contribution is 14.1. The molecule has 34 heavy (non-hydrogen) atoms. The van der Waals surface area contributed by atoms with Crippen LogP contribution in [-0.2, 0) is 0 Å². The van der Waals surface area contributed by atoms with Gasteiger partial charge in [-0.2, -0.15) is 0 Å². The number of piperazine rings is 1. The number of pyridine rings is 2. The first-order chi connectivity index (χ1) is 16.5. The van der Waals surface area contributed by atoms with E-state index in [-0.39, 0.29) is 18.1 Å². The molecule has 1 aliphatic rings. The summed E-state index contributed by atoms with van der Waals surface area (Å²) in [4.78, 5) is 34.5. The van der Waals surface area contributed by atoms with E-state index in [1.54, 1.807) is 24.5 Å². The first-order valence-corrected chi connectivity index (χ1v) is 14.2. The normalized spacial score (nSPS) is 19.6. The van der Waals surface area contributed by atoms with Crippen molar-refractivity contribution in [3.63, 3.8) is 0 Å². The second kappa shape index (κ2) is 12.9. The molecule has 4 rings (SSSR count). The summed E-state index contributed by atoms with van der Waals surface area (Å²) < 4.78 is 5.52. The van der Waals surface area contributed by atoms with Crippen molar-refractivity contribution in [1.29, 1.82) is 0 Å². The molecule has 1 fully saturated rings. The number of carbonyl (C=O) groups excluding carboxylic acids is 1. The van der Waals surface area contributed by atoms with Gasteiger partial charge in [-0.3, -0.25) is 4.79 Å². The van der Waals surface area contributed by atoms with Gasteiger partial charge in [-0.1, -0.05) is 87.7 Å². The largest absolute Gasteiger partial charge is 0.481 e. The van der Waals surface area contributed by atoms with E-state index in [4.69, 9.17) is 4.74 Å². The minimum atomic E-state index is -0.285. The Kier molecular flexibility index (Phi) is 10.3. The van der Waals surface area contributed by atoms with Gasteiger partial charge >= 0.3 is 0 Å². The van der Waals surface area contributed by atoms with Crippen molar-refractivity contribution >= 4 is 91.1 Å². The lowest BCUT2D eigenvalue weighted by Gasteiger charge is -2.46. The summed E-state index contributed by atoms with van der Waals surface area (Å²) in [5.74, 6) is 1.75. The predicted molar refractivity (Wildman–Crippen MR) is 160 cm³/mol. The van der Waals surface area contributed by atoms with Crippen molar-refractivity contribution in [2.24, 2.45) is 0 Å². The molecule has 1 amide bonds. The molecular formula is C22H24I3N7O2. The maximum atomic E-state index is 12.4. The number of methoxy groups -OCH3 is 1. The fraction of sp³-hybridized carbons (Fsp3) is 0.318. The van der Waals surface area contributed by atoms with Crippen LogP contribution in [0.2, 0.25) is 0 Å². The van der Waals surface area contributed by atoms with Gasteiger partial charge in [0.25, 0.3) is 5.91 Å². The van der Waals surface area contributed by atoms with E-state index in [9.17, 15) is 4.79 Å². The molecule has 0 radical (unpaired) electrons. The van der Waals surface area contributed by atoms with Crippen LogP contribution in [0.5, 0.6) is 5.88 Å². The van der Waals surface area contributed by atoms with Crippen molar-refractivity contribution in [3.8, 4) is 5.88 Å². The fourth-order valence-electron chi connectivity index (χ4n) is 3.13. The highest BCUT2D eigenvalue weighted by Crippen LogP contribution is 2.37. The van der Waals surface area contributed by atoms with Crippen LogP contribution in [0.3, 0.4) is 0 Å².